The van der Waals surface area contributed by atoms with E-state index in [0.29, 0.717) is 12.5 Å². The maximum absolute atomic E-state index is 5.81. The van der Waals surface area contributed by atoms with Gasteiger partial charge in [-0.3, -0.25) is 0 Å². The molecule has 19 heavy (non-hydrogen) atoms. The van der Waals surface area contributed by atoms with E-state index in [4.69, 9.17) is 5.73 Å². The fourth-order valence-corrected chi connectivity index (χ4v) is 2.16. The van der Waals surface area contributed by atoms with Gasteiger partial charge < -0.3 is 11.1 Å². The van der Waals surface area contributed by atoms with Gasteiger partial charge in [0.2, 0.25) is 0 Å². The molecule has 3 N–H and O–H groups in total. The number of hydrogen-bond acceptors (Lipinski definition) is 3. The first kappa shape index (κ1) is 15.9. The molecule has 0 atom stereocenters. The third kappa shape index (κ3) is 5.15. The van der Waals surface area contributed by atoms with Gasteiger partial charge in [0.15, 0.2) is 5.96 Å². The van der Waals surface area contributed by atoms with Crippen LogP contribution in [0.5, 0.6) is 0 Å². The Hall–Kier alpha value is -1.15. The summed E-state index contributed by atoms with van der Waals surface area (Å²) in [6.07, 6.45) is 1.85. The summed E-state index contributed by atoms with van der Waals surface area (Å²) in [6, 6.07) is 8.01. The number of benzene rings is 1. The van der Waals surface area contributed by atoms with Crippen molar-refractivity contribution in [2.24, 2.45) is 10.7 Å². The van der Waals surface area contributed by atoms with Crippen LogP contribution in [-0.4, -0.2) is 10.9 Å². The number of guanidine groups is 1. The van der Waals surface area contributed by atoms with Crippen molar-refractivity contribution in [2.75, 3.05) is 5.32 Å². The van der Waals surface area contributed by atoms with E-state index in [2.05, 4.69) is 15.3 Å². The van der Waals surface area contributed by atoms with Gasteiger partial charge in [0.25, 0.3) is 0 Å². The van der Waals surface area contributed by atoms with Crippen LogP contribution in [0.3, 0.4) is 0 Å². The highest BCUT2D eigenvalue weighted by atomic mass is 127. The first-order valence-electron chi connectivity index (χ1n) is 5.68. The molecule has 102 valence electrons. The van der Waals surface area contributed by atoms with Gasteiger partial charge in [0, 0.05) is 16.8 Å². The van der Waals surface area contributed by atoms with Gasteiger partial charge in [-0.15, -0.1) is 35.3 Å². The highest BCUT2D eigenvalue weighted by Gasteiger charge is 1.98. The number of halogens is 1. The number of hydrogen-bond donors (Lipinski definition) is 2. The normalized spacial score (nSPS) is 10.9. The molecule has 0 bridgehead atoms. The molecule has 4 nitrogen and oxygen atoms in total. The molecule has 2 rings (SSSR count). The summed E-state index contributed by atoms with van der Waals surface area (Å²) in [6.45, 7) is 4.59. The number of aryl methyl sites for hydroxylation is 2. The monoisotopic (exact) mass is 388 g/mol. The van der Waals surface area contributed by atoms with Crippen molar-refractivity contribution in [1.82, 2.24) is 4.98 Å². The van der Waals surface area contributed by atoms with Crippen molar-refractivity contribution in [3.05, 3.63) is 45.9 Å². The molecule has 0 aliphatic rings. The quantitative estimate of drug-likeness (QED) is 0.482. The van der Waals surface area contributed by atoms with E-state index in [1.165, 1.54) is 10.4 Å². The highest BCUT2D eigenvalue weighted by molar-refractivity contribution is 14.0. The number of nitrogens with two attached hydrogens (primary N) is 1. The molecule has 2 aromatic rings. The molecule has 1 aromatic heterocycles. The predicted octanol–water partition coefficient (Wildman–Crippen LogP) is 3.30. The second-order valence-corrected chi connectivity index (χ2v) is 5.38. The van der Waals surface area contributed by atoms with Crippen LogP contribution in [0.1, 0.15) is 15.4 Å². The third-order valence-electron chi connectivity index (χ3n) is 2.38. The molecule has 0 fully saturated rings. The molecular weight excluding hydrogens is 371 g/mol. The highest BCUT2D eigenvalue weighted by Crippen LogP contribution is 2.12. The molecule has 1 aromatic carbocycles. The Kier molecular flexibility index (Phi) is 6.23. The van der Waals surface area contributed by atoms with Crippen molar-refractivity contribution in [3.8, 4) is 0 Å². The zero-order valence-corrected chi connectivity index (χ0v) is 14.0. The lowest BCUT2D eigenvalue weighted by Crippen LogP contribution is -2.22. The lowest BCUT2D eigenvalue weighted by atomic mass is 10.2. The summed E-state index contributed by atoms with van der Waals surface area (Å²) in [4.78, 5) is 9.68. The van der Waals surface area contributed by atoms with Gasteiger partial charge in [0.05, 0.1) is 6.54 Å². The Balaban J connectivity index is 0.00000180. The van der Waals surface area contributed by atoms with Crippen LogP contribution < -0.4 is 11.1 Å². The van der Waals surface area contributed by atoms with Gasteiger partial charge in [-0.2, -0.15) is 0 Å². The molecule has 0 radical (unpaired) electrons. The Bertz CT molecular complexity index is 548. The van der Waals surface area contributed by atoms with Crippen LogP contribution in [0.4, 0.5) is 5.69 Å². The maximum atomic E-state index is 5.81. The molecule has 0 unspecified atom stereocenters. The molecule has 0 saturated heterocycles. The van der Waals surface area contributed by atoms with E-state index in [0.717, 1.165) is 10.7 Å². The minimum absolute atomic E-state index is 0. The fourth-order valence-electron chi connectivity index (χ4n) is 1.45. The lowest BCUT2D eigenvalue weighted by Gasteiger charge is -2.05. The zero-order valence-electron chi connectivity index (χ0n) is 10.9. The SMILES string of the molecule is Cc1ccc(NC(N)=NCc2ncc(C)s2)cc1.I. The fraction of sp³-hybridized carbons (Fsp3) is 0.231. The Morgan fingerprint density at radius 1 is 1.32 bits per heavy atom. The molecule has 0 aliphatic carbocycles. The summed E-state index contributed by atoms with van der Waals surface area (Å²) >= 11 is 1.64. The first-order valence-corrected chi connectivity index (χ1v) is 6.50. The predicted molar refractivity (Wildman–Crippen MR) is 92.4 cm³/mol. The lowest BCUT2D eigenvalue weighted by molar-refractivity contribution is 1.03. The van der Waals surface area contributed by atoms with Gasteiger partial charge in [0.1, 0.15) is 5.01 Å². The summed E-state index contributed by atoms with van der Waals surface area (Å²) in [5.74, 6) is 0.409. The second kappa shape index (κ2) is 7.44. The first-order chi connectivity index (χ1) is 8.63. The molecule has 0 amide bonds. The van der Waals surface area contributed by atoms with E-state index in [1.54, 1.807) is 11.3 Å². The second-order valence-electron chi connectivity index (χ2n) is 4.06. The Morgan fingerprint density at radius 2 is 2.00 bits per heavy atom. The molecule has 0 spiro atoms. The Morgan fingerprint density at radius 3 is 2.58 bits per heavy atom. The van der Waals surface area contributed by atoms with Crippen molar-refractivity contribution < 1.29 is 0 Å². The number of thiazole rings is 1. The smallest absolute Gasteiger partial charge is 0.193 e. The van der Waals surface area contributed by atoms with E-state index in [1.807, 2.05) is 44.3 Å². The van der Waals surface area contributed by atoms with Crippen LogP contribution in [0, 0.1) is 13.8 Å². The van der Waals surface area contributed by atoms with Crippen LogP contribution in [0.2, 0.25) is 0 Å². The number of aromatic nitrogens is 1. The van der Waals surface area contributed by atoms with Crippen molar-refractivity contribution in [2.45, 2.75) is 20.4 Å². The number of anilines is 1. The number of nitrogens with one attached hydrogen (secondary N) is 1. The molecule has 1 heterocycles. The molecule has 0 aliphatic heterocycles. The van der Waals surface area contributed by atoms with Crippen LogP contribution >= 0.6 is 35.3 Å². The van der Waals surface area contributed by atoms with E-state index in [-0.39, 0.29) is 24.0 Å². The molecular formula is C13H17IN4S. The van der Waals surface area contributed by atoms with Crippen molar-refractivity contribution in [3.63, 3.8) is 0 Å². The summed E-state index contributed by atoms with van der Waals surface area (Å²) in [7, 11) is 0. The summed E-state index contributed by atoms with van der Waals surface area (Å²) in [5.41, 5.74) is 7.97. The number of aliphatic imine (C=N–C) groups is 1. The minimum atomic E-state index is 0. The van der Waals surface area contributed by atoms with E-state index >= 15 is 0 Å². The molecule has 0 saturated carbocycles. The minimum Gasteiger partial charge on any atom is -0.370 e. The third-order valence-corrected chi connectivity index (χ3v) is 3.28. The average Bonchev–Trinajstić information content (AvgIpc) is 2.76. The van der Waals surface area contributed by atoms with Crippen molar-refractivity contribution in [1.29, 1.82) is 0 Å². The van der Waals surface area contributed by atoms with Crippen LogP contribution in [0.25, 0.3) is 0 Å². The Labute approximate surface area is 134 Å². The maximum Gasteiger partial charge on any atom is 0.193 e. The van der Waals surface area contributed by atoms with Crippen LogP contribution in [-0.2, 0) is 6.54 Å². The number of nitrogens with zero attached hydrogens (tertiary/aromatic N) is 2. The van der Waals surface area contributed by atoms with Gasteiger partial charge in [-0.05, 0) is 26.0 Å². The van der Waals surface area contributed by atoms with Crippen LogP contribution in [0.15, 0.2) is 35.5 Å². The standard InChI is InChI=1S/C13H16N4S.HI/c1-9-3-5-11(6-4-9)17-13(14)16-8-12-15-7-10(2)18-12;/h3-7H,8H2,1-2H3,(H3,14,16,17);1H. The van der Waals surface area contributed by atoms with E-state index < -0.39 is 0 Å². The topological polar surface area (TPSA) is 63.3 Å². The average molecular weight is 388 g/mol. The molecule has 6 heteroatoms. The summed E-state index contributed by atoms with van der Waals surface area (Å²) in [5, 5.41) is 4.02. The van der Waals surface area contributed by atoms with Gasteiger partial charge >= 0.3 is 0 Å². The van der Waals surface area contributed by atoms with Gasteiger partial charge in [-0.25, -0.2) is 9.98 Å². The zero-order chi connectivity index (χ0) is 13.0. The number of rotatable bonds is 3. The van der Waals surface area contributed by atoms with Crippen molar-refractivity contribution >= 4 is 47.0 Å². The summed E-state index contributed by atoms with van der Waals surface area (Å²) < 4.78 is 0. The largest absolute Gasteiger partial charge is 0.370 e. The van der Waals surface area contributed by atoms with Gasteiger partial charge in [-0.1, -0.05) is 17.7 Å². The van der Waals surface area contributed by atoms with E-state index in [9.17, 15) is 0 Å².